The molecule has 0 radical (unpaired) electrons. The van der Waals surface area contributed by atoms with Gasteiger partial charge < -0.3 is 5.32 Å². The van der Waals surface area contributed by atoms with Gasteiger partial charge in [-0.1, -0.05) is 42.5 Å². The second-order valence-corrected chi connectivity index (χ2v) is 11.0. The fourth-order valence-corrected chi connectivity index (χ4v) is 7.24. The molecule has 0 fully saturated rings. The van der Waals surface area contributed by atoms with E-state index in [1.54, 1.807) is 25.5 Å². The number of benzene rings is 2. The summed E-state index contributed by atoms with van der Waals surface area (Å²) in [5.74, 6) is -0.164. The van der Waals surface area contributed by atoms with Crippen LogP contribution < -0.4 is 9.62 Å². The van der Waals surface area contributed by atoms with Gasteiger partial charge in [0, 0.05) is 6.54 Å². The lowest BCUT2D eigenvalue weighted by Crippen LogP contribution is -2.36. The number of aromatic nitrogens is 2. The van der Waals surface area contributed by atoms with Crippen LogP contribution in [0.25, 0.3) is 0 Å². The summed E-state index contributed by atoms with van der Waals surface area (Å²) in [7, 11) is -3.80. The standard InChI is InChI=1S/C26H30N4O3S/c1-17-25(34(32,33)29-16-15-21-10-5-7-14-24(21)29)18(2)30(28-17)19(3)26(31)27-23-13-8-11-20-9-4-6-12-22(20)23/h4-7,9-10,12,14,19,23H,8,11,13,15-16H2,1-3H3,(H,27,31)/t19-,23-/m1/s1. The molecule has 0 unspecified atom stereocenters. The number of amides is 1. The van der Waals surface area contributed by atoms with E-state index < -0.39 is 16.1 Å². The first kappa shape index (κ1) is 22.7. The van der Waals surface area contributed by atoms with Crippen molar-refractivity contribution in [2.45, 2.75) is 63.4 Å². The summed E-state index contributed by atoms with van der Waals surface area (Å²) in [6, 6.07) is 15.1. The molecule has 3 aromatic rings. The van der Waals surface area contributed by atoms with E-state index in [9.17, 15) is 13.2 Å². The first-order valence-corrected chi connectivity index (χ1v) is 13.3. The van der Waals surface area contributed by atoms with Crippen molar-refractivity contribution >= 4 is 21.6 Å². The number of carbonyl (C=O) groups excluding carboxylic acids is 1. The molecule has 1 aromatic heterocycles. The average Bonchev–Trinajstić information content (AvgIpc) is 3.40. The van der Waals surface area contributed by atoms with Crippen LogP contribution in [0, 0.1) is 13.8 Å². The summed E-state index contributed by atoms with van der Waals surface area (Å²) in [4.78, 5) is 13.4. The minimum Gasteiger partial charge on any atom is -0.347 e. The van der Waals surface area contributed by atoms with Gasteiger partial charge in [-0.2, -0.15) is 5.10 Å². The van der Waals surface area contributed by atoms with Crippen molar-refractivity contribution in [2.75, 3.05) is 10.8 Å². The van der Waals surface area contributed by atoms with E-state index in [0.717, 1.165) is 30.5 Å². The maximum atomic E-state index is 13.7. The second-order valence-electron chi connectivity index (χ2n) is 9.23. The molecular weight excluding hydrogens is 448 g/mol. The van der Waals surface area contributed by atoms with Crippen LogP contribution in [0.5, 0.6) is 0 Å². The highest BCUT2D eigenvalue weighted by Gasteiger charge is 2.36. The predicted molar refractivity (Wildman–Crippen MR) is 131 cm³/mol. The molecule has 1 aliphatic carbocycles. The van der Waals surface area contributed by atoms with E-state index in [0.29, 0.717) is 24.4 Å². The minimum atomic E-state index is -3.80. The highest BCUT2D eigenvalue weighted by molar-refractivity contribution is 7.93. The average molecular weight is 479 g/mol. The number of fused-ring (bicyclic) bond motifs is 2. The van der Waals surface area contributed by atoms with Crippen LogP contribution in [0.4, 0.5) is 5.69 Å². The summed E-state index contributed by atoms with van der Waals surface area (Å²) in [5, 5.41) is 7.69. The Morgan fingerprint density at radius 2 is 1.76 bits per heavy atom. The monoisotopic (exact) mass is 478 g/mol. The molecule has 34 heavy (non-hydrogen) atoms. The van der Waals surface area contributed by atoms with Crippen molar-refractivity contribution in [3.8, 4) is 0 Å². The smallest absolute Gasteiger partial charge is 0.268 e. The lowest BCUT2D eigenvalue weighted by Gasteiger charge is -2.27. The Morgan fingerprint density at radius 3 is 2.56 bits per heavy atom. The number of nitrogens with one attached hydrogen (secondary N) is 1. The molecule has 1 N–H and O–H groups in total. The van der Waals surface area contributed by atoms with Crippen molar-refractivity contribution in [3.05, 3.63) is 76.6 Å². The fourth-order valence-electron chi connectivity index (χ4n) is 5.37. The van der Waals surface area contributed by atoms with Gasteiger partial charge in [0.2, 0.25) is 5.91 Å². The molecule has 0 saturated carbocycles. The van der Waals surface area contributed by atoms with Crippen LogP contribution in [-0.4, -0.2) is 30.7 Å². The zero-order valence-electron chi connectivity index (χ0n) is 19.8. The van der Waals surface area contributed by atoms with Gasteiger partial charge in [0.05, 0.1) is 23.1 Å². The third kappa shape index (κ3) is 3.70. The van der Waals surface area contributed by atoms with Crippen LogP contribution in [0.1, 0.15) is 59.9 Å². The summed E-state index contributed by atoms with van der Waals surface area (Å²) >= 11 is 0. The van der Waals surface area contributed by atoms with Crippen molar-refractivity contribution in [2.24, 2.45) is 0 Å². The number of hydrogen-bond acceptors (Lipinski definition) is 4. The Kier molecular flexibility index (Phi) is 5.72. The normalized spacial score (nSPS) is 18.3. The van der Waals surface area contributed by atoms with Gasteiger partial charge in [0.1, 0.15) is 10.9 Å². The molecule has 2 aliphatic rings. The van der Waals surface area contributed by atoms with Crippen molar-refractivity contribution in [1.29, 1.82) is 0 Å². The van der Waals surface area contributed by atoms with E-state index in [2.05, 4.69) is 22.5 Å². The Morgan fingerprint density at radius 1 is 1.06 bits per heavy atom. The topological polar surface area (TPSA) is 84.3 Å². The molecule has 2 aromatic carbocycles. The molecule has 7 nitrogen and oxygen atoms in total. The third-order valence-corrected chi connectivity index (χ3v) is 9.15. The largest absolute Gasteiger partial charge is 0.347 e. The van der Waals surface area contributed by atoms with E-state index in [4.69, 9.17) is 0 Å². The first-order valence-electron chi connectivity index (χ1n) is 11.8. The molecule has 2 atom stereocenters. The molecule has 5 rings (SSSR count). The minimum absolute atomic E-state index is 0.0406. The molecule has 1 aliphatic heterocycles. The summed E-state index contributed by atoms with van der Waals surface area (Å²) in [6.07, 6.45) is 3.62. The highest BCUT2D eigenvalue weighted by Crippen LogP contribution is 2.35. The molecule has 2 heterocycles. The molecular formula is C26H30N4O3S. The maximum absolute atomic E-state index is 13.7. The molecule has 0 spiro atoms. The number of para-hydroxylation sites is 1. The van der Waals surface area contributed by atoms with Crippen LogP contribution in [0.3, 0.4) is 0 Å². The van der Waals surface area contributed by atoms with Crippen LogP contribution in [0.15, 0.2) is 53.4 Å². The molecule has 8 heteroatoms. The molecule has 0 bridgehead atoms. The van der Waals surface area contributed by atoms with Crippen LogP contribution >= 0.6 is 0 Å². The lowest BCUT2D eigenvalue weighted by atomic mass is 9.87. The van der Waals surface area contributed by atoms with Crippen LogP contribution in [0.2, 0.25) is 0 Å². The highest BCUT2D eigenvalue weighted by atomic mass is 32.2. The van der Waals surface area contributed by atoms with Crippen LogP contribution in [-0.2, 0) is 27.7 Å². The molecule has 178 valence electrons. The van der Waals surface area contributed by atoms with Gasteiger partial charge in [0.15, 0.2) is 0 Å². The quantitative estimate of drug-likeness (QED) is 0.601. The first-order chi connectivity index (χ1) is 16.3. The van der Waals surface area contributed by atoms with Gasteiger partial charge in [-0.25, -0.2) is 8.42 Å². The second kappa shape index (κ2) is 8.58. The number of sulfonamides is 1. The molecule has 0 saturated heterocycles. The van der Waals surface area contributed by atoms with Crippen molar-refractivity contribution in [3.63, 3.8) is 0 Å². The molecule has 1 amide bonds. The van der Waals surface area contributed by atoms with Crippen molar-refractivity contribution in [1.82, 2.24) is 15.1 Å². The number of anilines is 1. The number of aryl methyl sites for hydroxylation is 2. The summed E-state index contributed by atoms with van der Waals surface area (Å²) < 4.78 is 30.4. The summed E-state index contributed by atoms with van der Waals surface area (Å²) in [5.41, 5.74) is 5.07. The number of carbonyl (C=O) groups is 1. The van der Waals surface area contributed by atoms with Gasteiger partial charge in [-0.05, 0) is 69.2 Å². The number of rotatable bonds is 5. The number of hydrogen-bond donors (Lipinski definition) is 1. The van der Waals surface area contributed by atoms with Gasteiger partial charge in [0.25, 0.3) is 10.0 Å². The van der Waals surface area contributed by atoms with Crippen molar-refractivity contribution < 1.29 is 13.2 Å². The Bertz CT molecular complexity index is 1360. The van der Waals surface area contributed by atoms with Gasteiger partial charge >= 0.3 is 0 Å². The van der Waals surface area contributed by atoms with Gasteiger partial charge in [-0.3, -0.25) is 13.8 Å². The van der Waals surface area contributed by atoms with E-state index in [1.165, 1.54) is 15.4 Å². The summed E-state index contributed by atoms with van der Waals surface area (Å²) in [6.45, 7) is 5.60. The predicted octanol–water partition coefficient (Wildman–Crippen LogP) is 4.01. The Balaban J connectivity index is 1.42. The van der Waals surface area contributed by atoms with E-state index in [-0.39, 0.29) is 16.8 Å². The third-order valence-electron chi connectivity index (χ3n) is 7.08. The zero-order valence-corrected chi connectivity index (χ0v) is 20.6. The van der Waals surface area contributed by atoms with Gasteiger partial charge in [-0.15, -0.1) is 0 Å². The van der Waals surface area contributed by atoms with E-state index in [1.807, 2.05) is 36.4 Å². The fraction of sp³-hybridized carbons (Fsp3) is 0.385. The Hall–Kier alpha value is -3.13. The van der Waals surface area contributed by atoms with E-state index >= 15 is 0 Å². The number of nitrogens with zero attached hydrogens (tertiary/aromatic N) is 3. The SMILES string of the molecule is Cc1nn([C@H](C)C(=O)N[C@@H]2CCCc3ccccc32)c(C)c1S(=O)(=O)N1CCc2ccccc21. The maximum Gasteiger partial charge on any atom is 0.268 e. The zero-order chi connectivity index (χ0) is 24.0. The Labute approximate surface area is 200 Å². The lowest BCUT2D eigenvalue weighted by molar-refractivity contribution is -0.125.